The predicted molar refractivity (Wildman–Crippen MR) is 66.6 cm³/mol. The lowest BCUT2D eigenvalue weighted by Crippen LogP contribution is -2.19. The molecule has 18 heavy (non-hydrogen) atoms. The second-order valence-corrected chi connectivity index (χ2v) is 4.53. The van der Waals surface area contributed by atoms with E-state index in [4.69, 9.17) is 4.52 Å². The summed E-state index contributed by atoms with van der Waals surface area (Å²) in [6.07, 6.45) is 1.69. The normalized spacial score (nSPS) is 11.1. The van der Waals surface area contributed by atoms with Crippen LogP contribution in [0.1, 0.15) is 25.6 Å². The van der Waals surface area contributed by atoms with Gasteiger partial charge in [0.1, 0.15) is 11.5 Å². The van der Waals surface area contributed by atoms with Crippen molar-refractivity contribution in [2.45, 2.75) is 27.3 Å². The van der Waals surface area contributed by atoms with E-state index in [1.54, 1.807) is 12.3 Å². The number of nitrogens with one attached hydrogen (secondary N) is 1. The summed E-state index contributed by atoms with van der Waals surface area (Å²) in [5, 5.41) is 7.16. The molecule has 0 aromatic carbocycles. The summed E-state index contributed by atoms with van der Waals surface area (Å²) in [6, 6.07) is 1.77. The maximum absolute atomic E-state index is 5.16. The molecule has 2 aromatic heterocycles. The molecule has 6 nitrogen and oxygen atoms in total. The predicted octanol–water partition coefficient (Wildman–Crippen LogP) is 1.58. The highest BCUT2D eigenvalue weighted by atomic mass is 16.5. The van der Waals surface area contributed by atoms with Crippen LogP contribution in [0.25, 0.3) is 11.5 Å². The summed E-state index contributed by atoms with van der Waals surface area (Å²) in [6.45, 7) is 7.63. The van der Waals surface area contributed by atoms with Gasteiger partial charge in [-0.15, -0.1) is 0 Å². The smallest absolute Gasteiger partial charge is 0.240 e. The third-order valence-corrected chi connectivity index (χ3v) is 2.30. The van der Waals surface area contributed by atoms with Crippen molar-refractivity contribution in [3.8, 4) is 11.5 Å². The van der Waals surface area contributed by atoms with Gasteiger partial charge in [-0.1, -0.05) is 19.0 Å². The highest BCUT2D eigenvalue weighted by molar-refractivity contribution is 5.46. The Labute approximate surface area is 106 Å². The van der Waals surface area contributed by atoms with E-state index < -0.39 is 0 Å². The van der Waals surface area contributed by atoms with E-state index in [1.807, 2.05) is 6.92 Å². The van der Waals surface area contributed by atoms with Gasteiger partial charge in [0.2, 0.25) is 11.7 Å². The Kier molecular flexibility index (Phi) is 3.99. The molecule has 0 saturated carbocycles. The fourth-order valence-corrected chi connectivity index (χ4v) is 1.48. The van der Waals surface area contributed by atoms with Gasteiger partial charge in [-0.05, 0) is 25.5 Å². The van der Waals surface area contributed by atoms with E-state index in [-0.39, 0.29) is 0 Å². The molecule has 0 aliphatic heterocycles. The average Bonchev–Trinajstić information content (AvgIpc) is 2.77. The molecule has 0 atom stereocenters. The Morgan fingerprint density at radius 1 is 1.33 bits per heavy atom. The zero-order valence-electron chi connectivity index (χ0n) is 10.8. The molecule has 1 N–H and O–H groups in total. The minimum Gasteiger partial charge on any atom is -0.337 e. The molecule has 0 fully saturated rings. The molecule has 2 rings (SSSR count). The first kappa shape index (κ1) is 12.6. The zero-order valence-corrected chi connectivity index (χ0v) is 10.8. The SMILES string of the molecule is Cc1nccc(-c2noc(CNCC(C)C)n2)n1. The van der Waals surface area contributed by atoms with Gasteiger partial charge in [0.05, 0.1) is 6.54 Å². The lowest BCUT2D eigenvalue weighted by molar-refractivity contribution is 0.364. The molecule has 0 saturated heterocycles. The van der Waals surface area contributed by atoms with Gasteiger partial charge in [0.25, 0.3) is 0 Å². The summed E-state index contributed by atoms with van der Waals surface area (Å²) >= 11 is 0. The van der Waals surface area contributed by atoms with Crippen LogP contribution in [0, 0.1) is 12.8 Å². The highest BCUT2D eigenvalue weighted by Gasteiger charge is 2.09. The third-order valence-electron chi connectivity index (χ3n) is 2.30. The van der Waals surface area contributed by atoms with Gasteiger partial charge in [-0.3, -0.25) is 0 Å². The molecule has 0 radical (unpaired) electrons. The van der Waals surface area contributed by atoms with Crippen LogP contribution in [0.4, 0.5) is 0 Å². The molecule has 0 amide bonds. The van der Waals surface area contributed by atoms with Crippen LogP contribution in [-0.2, 0) is 6.54 Å². The quantitative estimate of drug-likeness (QED) is 0.864. The molecule has 0 aliphatic carbocycles. The van der Waals surface area contributed by atoms with Crippen molar-refractivity contribution in [1.82, 2.24) is 25.4 Å². The molecule has 96 valence electrons. The van der Waals surface area contributed by atoms with Crippen molar-refractivity contribution >= 4 is 0 Å². The maximum atomic E-state index is 5.16. The van der Waals surface area contributed by atoms with Crippen molar-refractivity contribution in [3.63, 3.8) is 0 Å². The molecule has 2 aromatic rings. The van der Waals surface area contributed by atoms with Gasteiger partial charge in [0, 0.05) is 6.20 Å². The van der Waals surface area contributed by atoms with E-state index in [9.17, 15) is 0 Å². The Morgan fingerprint density at radius 2 is 2.17 bits per heavy atom. The Morgan fingerprint density at radius 3 is 2.89 bits per heavy atom. The summed E-state index contributed by atoms with van der Waals surface area (Å²) in [5.41, 5.74) is 0.682. The largest absolute Gasteiger partial charge is 0.337 e. The Bertz CT molecular complexity index is 509. The molecule has 6 heteroatoms. The topological polar surface area (TPSA) is 76.7 Å². The van der Waals surface area contributed by atoms with Crippen LogP contribution in [0.3, 0.4) is 0 Å². The highest BCUT2D eigenvalue weighted by Crippen LogP contribution is 2.12. The summed E-state index contributed by atoms with van der Waals surface area (Å²) in [4.78, 5) is 12.6. The van der Waals surface area contributed by atoms with Crippen molar-refractivity contribution in [1.29, 1.82) is 0 Å². The third kappa shape index (κ3) is 3.33. The van der Waals surface area contributed by atoms with E-state index >= 15 is 0 Å². The van der Waals surface area contributed by atoms with Crippen molar-refractivity contribution in [2.24, 2.45) is 5.92 Å². The molecular formula is C12H17N5O. The minimum atomic E-state index is 0.502. The van der Waals surface area contributed by atoms with Crippen molar-refractivity contribution < 1.29 is 4.52 Å². The Hall–Kier alpha value is -1.82. The first-order valence-corrected chi connectivity index (χ1v) is 5.98. The average molecular weight is 247 g/mol. The lowest BCUT2D eigenvalue weighted by atomic mass is 10.2. The van der Waals surface area contributed by atoms with E-state index in [0.717, 1.165) is 6.54 Å². The molecule has 0 spiro atoms. The molecule has 0 aliphatic rings. The fraction of sp³-hybridized carbons (Fsp3) is 0.500. The van der Waals surface area contributed by atoms with Crippen LogP contribution in [0.15, 0.2) is 16.8 Å². The first-order chi connectivity index (χ1) is 8.65. The van der Waals surface area contributed by atoms with Crippen LogP contribution >= 0.6 is 0 Å². The van der Waals surface area contributed by atoms with E-state index in [2.05, 4.69) is 39.3 Å². The standard InChI is InChI=1S/C12H17N5O/c1-8(2)6-13-7-11-16-12(17-18-11)10-4-5-14-9(3)15-10/h4-5,8,13H,6-7H2,1-3H3. The van der Waals surface area contributed by atoms with Gasteiger partial charge < -0.3 is 9.84 Å². The fourth-order valence-electron chi connectivity index (χ4n) is 1.48. The molecule has 2 heterocycles. The number of rotatable bonds is 5. The molecule has 0 unspecified atom stereocenters. The zero-order chi connectivity index (χ0) is 13.0. The van der Waals surface area contributed by atoms with Gasteiger partial charge in [-0.2, -0.15) is 4.98 Å². The summed E-state index contributed by atoms with van der Waals surface area (Å²) in [7, 11) is 0. The number of aryl methyl sites for hydroxylation is 1. The number of aromatic nitrogens is 4. The van der Waals surface area contributed by atoms with E-state index in [1.165, 1.54) is 0 Å². The van der Waals surface area contributed by atoms with Gasteiger partial charge in [-0.25, -0.2) is 9.97 Å². The second kappa shape index (κ2) is 5.68. The molecule has 0 bridgehead atoms. The summed E-state index contributed by atoms with van der Waals surface area (Å²) in [5.74, 6) is 2.36. The van der Waals surface area contributed by atoms with Crippen molar-refractivity contribution in [2.75, 3.05) is 6.54 Å². The van der Waals surface area contributed by atoms with Crippen LogP contribution in [-0.4, -0.2) is 26.7 Å². The minimum absolute atomic E-state index is 0.502. The van der Waals surface area contributed by atoms with Crippen LogP contribution in [0.5, 0.6) is 0 Å². The second-order valence-electron chi connectivity index (χ2n) is 4.53. The van der Waals surface area contributed by atoms with Gasteiger partial charge >= 0.3 is 0 Å². The van der Waals surface area contributed by atoms with E-state index in [0.29, 0.717) is 35.7 Å². The van der Waals surface area contributed by atoms with Gasteiger partial charge in [0.15, 0.2) is 0 Å². The van der Waals surface area contributed by atoms with Crippen molar-refractivity contribution in [3.05, 3.63) is 24.0 Å². The first-order valence-electron chi connectivity index (χ1n) is 5.98. The maximum Gasteiger partial charge on any atom is 0.240 e. The number of nitrogens with zero attached hydrogens (tertiary/aromatic N) is 4. The Balaban J connectivity index is 2.02. The lowest BCUT2D eigenvalue weighted by Gasteiger charge is -2.03. The number of hydrogen-bond donors (Lipinski definition) is 1. The number of hydrogen-bond acceptors (Lipinski definition) is 6. The van der Waals surface area contributed by atoms with Crippen LogP contribution < -0.4 is 5.32 Å². The van der Waals surface area contributed by atoms with Crippen LogP contribution in [0.2, 0.25) is 0 Å². The molecular weight excluding hydrogens is 230 g/mol. The monoisotopic (exact) mass is 247 g/mol. The summed E-state index contributed by atoms with van der Waals surface area (Å²) < 4.78 is 5.16.